The van der Waals surface area contributed by atoms with Gasteiger partial charge in [-0.25, -0.2) is 0 Å². The van der Waals surface area contributed by atoms with Crippen LogP contribution in [0.4, 0.5) is 5.69 Å². The van der Waals surface area contributed by atoms with E-state index in [-0.39, 0.29) is 5.91 Å². The van der Waals surface area contributed by atoms with Gasteiger partial charge >= 0.3 is 0 Å². The van der Waals surface area contributed by atoms with Crippen LogP contribution < -0.4 is 10.6 Å². The number of hydrogen-bond acceptors (Lipinski definition) is 2. The van der Waals surface area contributed by atoms with Crippen molar-refractivity contribution in [1.82, 2.24) is 0 Å². The molecule has 0 heterocycles. The summed E-state index contributed by atoms with van der Waals surface area (Å²) >= 11 is 0. The standard InChI is InChI=1S/C15H22N2O/c1-15(2,10-16)14(18)17(3)13-8-7-11-5-4-6-12(11)9-13/h7-9H,4-6,10,16H2,1-3H3. The minimum Gasteiger partial charge on any atom is -0.329 e. The molecule has 2 N–H and O–H groups in total. The largest absolute Gasteiger partial charge is 0.329 e. The maximum atomic E-state index is 12.3. The third-order valence-corrected chi connectivity index (χ3v) is 3.86. The van der Waals surface area contributed by atoms with Crippen LogP contribution in [0.25, 0.3) is 0 Å². The number of fused-ring (bicyclic) bond motifs is 1. The van der Waals surface area contributed by atoms with E-state index in [1.54, 1.807) is 4.90 Å². The first-order valence-corrected chi connectivity index (χ1v) is 6.56. The molecule has 98 valence electrons. The van der Waals surface area contributed by atoms with E-state index < -0.39 is 5.41 Å². The monoisotopic (exact) mass is 246 g/mol. The van der Waals surface area contributed by atoms with Crippen LogP contribution >= 0.6 is 0 Å². The predicted molar refractivity (Wildman–Crippen MR) is 74.7 cm³/mol. The Morgan fingerprint density at radius 3 is 2.67 bits per heavy atom. The van der Waals surface area contributed by atoms with Crippen molar-refractivity contribution in [3.63, 3.8) is 0 Å². The molecular formula is C15H22N2O. The van der Waals surface area contributed by atoms with Crippen molar-refractivity contribution >= 4 is 11.6 Å². The fraction of sp³-hybridized carbons (Fsp3) is 0.533. The number of carbonyl (C=O) groups is 1. The zero-order chi connectivity index (χ0) is 13.3. The minimum atomic E-state index is -0.506. The van der Waals surface area contributed by atoms with Gasteiger partial charge in [0, 0.05) is 19.3 Å². The molecule has 1 amide bonds. The van der Waals surface area contributed by atoms with Crippen molar-refractivity contribution in [3.8, 4) is 0 Å². The lowest BCUT2D eigenvalue weighted by atomic mass is 9.91. The van der Waals surface area contributed by atoms with Gasteiger partial charge in [0.25, 0.3) is 0 Å². The molecule has 0 radical (unpaired) electrons. The minimum absolute atomic E-state index is 0.0722. The highest BCUT2D eigenvalue weighted by atomic mass is 16.2. The molecule has 0 saturated heterocycles. The predicted octanol–water partition coefficient (Wildman–Crippen LogP) is 2.12. The molecule has 0 aliphatic heterocycles. The van der Waals surface area contributed by atoms with Crippen LogP contribution in [0.2, 0.25) is 0 Å². The van der Waals surface area contributed by atoms with Crippen molar-refractivity contribution in [1.29, 1.82) is 0 Å². The Bertz CT molecular complexity index is 466. The zero-order valence-electron chi connectivity index (χ0n) is 11.5. The van der Waals surface area contributed by atoms with Gasteiger partial charge < -0.3 is 10.6 Å². The van der Waals surface area contributed by atoms with Crippen LogP contribution in [0.1, 0.15) is 31.4 Å². The maximum Gasteiger partial charge on any atom is 0.233 e. The topological polar surface area (TPSA) is 46.3 Å². The van der Waals surface area contributed by atoms with Crippen molar-refractivity contribution in [2.75, 3.05) is 18.5 Å². The summed E-state index contributed by atoms with van der Waals surface area (Å²) in [5.41, 5.74) is 8.95. The van der Waals surface area contributed by atoms with Gasteiger partial charge in [0.1, 0.15) is 0 Å². The summed E-state index contributed by atoms with van der Waals surface area (Å²) in [6.07, 6.45) is 3.53. The first-order valence-electron chi connectivity index (χ1n) is 6.56. The fourth-order valence-electron chi connectivity index (χ4n) is 2.43. The van der Waals surface area contributed by atoms with Crippen LogP contribution in [-0.4, -0.2) is 19.5 Å². The van der Waals surface area contributed by atoms with Gasteiger partial charge in [-0.3, -0.25) is 4.79 Å². The van der Waals surface area contributed by atoms with E-state index in [1.807, 2.05) is 27.0 Å². The fourth-order valence-corrected chi connectivity index (χ4v) is 2.43. The van der Waals surface area contributed by atoms with Gasteiger partial charge in [0.2, 0.25) is 5.91 Å². The van der Waals surface area contributed by atoms with Crippen LogP contribution in [0, 0.1) is 5.41 Å². The summed E-state index contributed by atoms with van der Waals surface area (Å²) in [5.74, 6) is 0.0722. The van der Waals surface area contributed by atoms with Crippen LogP contribution in [0.3, 0.4) is 0 Å². The van der Waals surface area contributed by atoms with Crippen LogP contribution in [0.5, 0.6) is 0 Å². The normalized spacial score (nSPS) is 14.4. The molecule has 0 bridgehead atoms. The summed E-state index contributed by atoms with van der Waals surface area (Å²) in [6, 6.07) is 6.33. The molecule has 0 saturated carbocycles. The molecule has 0 fully saturated rings. The van der Waals surface area contributed by atoms with E-state index in [1.165, 1.54) is 24.0 Å². The SMILES string of the molecule is CN(C(=O)C(C)(C)CN)c1ccc2c(c1)CCC2. The highest BCUT2D eigenvalue weighted by Gasteiger charge is 2.29. The van der Waals surface area contributed by atoms with Gasteiger partial charge in [-0.15, -0.1) is 0 Å². The molecule has 1 aliphatic rings. The van der Waals surface area contributed by atoms with Crippen molar-refractivity contribution in [2.24, 2.45) is 11.1 Å². The number of hydrogen-bond donors (Lipinski definition) is 1. The van der Waals surface area contributed by atoms with Crippen molar-refractivity contribution < 1.29 is 4.79 Å². The van der Waals surface area contributed by atoms with E-state index in [4.69, 9.17) is 5.73 Å². The Kier molecular flexibility index (Phi) is 3.44. The number of aryl methyl sites for hydroxylation is 2. The molecule has 0 atom stereocenters. The first kappa shape index (κ1) is 13.1. The quantitative estimate of drug-likeness (QED) is 0.888. The molecule has 1 aromatic rings. The van der Waals surface area contributed by atoms with Gasteiger partial charge in [0.05, 0.1) is 5.41 Å². The Balaban J connectivity index is 2.24. The van der Waals surface area contributed by atoms with E-state index in [0.29, 0.717) is 6.54 Å². The lowest BCUT2D eigenvalue weighted by Gasteiger charge is -2.28. The third-order valence-electron chi connectivity index (χ3n) is 3.86. The van der Waals surface area contributed by atoms with Gasteiger partial charge in [0.15, 0.2) is 0 Å². The van der Waals surface area contributed by atoms with Crippen molar-refractivity contribution in [3.05, 3.63) is 29.3 Å². The molecule has 1 aliphatic carbocycles. The summed E-state index contributed by atoms with van der Waals surface area (Å²) < 4.78 is 0. The highest BCUT2D eigenvalue weighted by molar-refractivity contribution is 5.96. The molecule has 0 aromatic heterocycles. The Hall–Kier alpha value is -1.35. The molecule has 18 heavy (non-hydrogen) atoms. The lowest BCUT2D eigenvalue weighted by Crippen LogP contribution is -2.43. The number of anilines is 1. The number of nitrogens with two attached hydrogens (primary N) is 1. The van der Waals surface area contributed by atoms with Gasteiger partial charge in [-0.1, -0.05) is 6.07 Å². The van der Waals surface area contributed by atoms with E-state index >= 15 is 0 Å². The summed E-state index contributed by atoms with van der Waals surface area (Å²) in [6.45, 7) is 4.14. The van der Waals surface area contributed by atoms with Gasteiger partial charge in [-0.05, 0) is 56.4 Å². The van der Waals surface area contributed by atoms with Gasteiger partial charge in [-0.2, -0.15) is 0 Å². The molecule has 3 heteroatoms. The maximum absolute atomic E-state index is 12.3. The molecule has 2 rings (SSSR count). The van der Waals surface area contributed by atoms with Crippen molar-refractivity contribution in [2.45, 2.75) is 33.1 Å². The lowest BCUT2D eigenvalue weighted by molar-refractivity contribution is -0.125. The number of benzene rings is 1. The second-order valence-corrected chi connectivity index (χ2v) is 5.76. The van der Waals surface area contributed by atoms with E-state index in [9.17, 15) is 4.79 Å². The number of carbonyl (C=O) groups excluding carboxylic acids is 1. The molecular weight excluding hydrogens is 224 g/mol. The Labute approximate surface area is 109 Å². The Morgan fingerprint density at radius 1 is 1.33 bits per heavy atom. The summed E-state index contributed by atoms with van der Waals surface area (Å²) in [7, 11) is 1.83. The number of rotatable bonds is 3. The molecule has 3 nitrogen and oxygen atoms in total. The second kappa shape index (κ2) is 4.73. The average molecular weight is 246 g/mol. The highest BCUT2D eigenvalue weighted by Crippen LogP contribution is 2.28. The third kappa shape index (κ3) is 2.27. The average Bonchev–Trinajstić information content (AvgIpc) is 2.84. The van der Waals surface area contributed by atoms with Crippen LogP contribution in [-0.2, 0) is 17.6 Å². The molecule has 0 unspecified atom stereocenters. The molecule has 1 aromatic carbocycles. The number of nitrogens with zero attached hydrogens (tertiary/aromatic N) is 1. The summed E-state index contributed by atoms with van der Waals surface area (Å²) in [4.78, 5) is 14.1. The van der Waals surface area contributed by atoms with Crippen LogP contribution in [0.15, 0.2) is 18.2 Å². The zero-order valence-corrected chi connectivity index (χ0v) is 11.5. The van der Waals surface area contributed by atoms with E-state index in [2.05, 4.69) is 12.1 Å². The Morgan fingerprint density at radius 2 is 2.00 bits per heavy atom. The second-order valence-electron chi connectivity index (χ2n) is 5.76. The smallest absolute Gasteiger partial charge is 0.233 e. The first-order chi connectivity index (χ1) is 8.45. The number of amides is 1. The van der Waals surface area contributed by atoms with E-state index in [0.717, 1.165) is 12.1 Å². The summed E-state index contributed by atoms with van der Waals surface area (Å²) in [5, 5.41) is 0. The molecule has 0 spiro atoms.